The van der Waals surface area contributed by atoms with Gasteiger partial charge < -0.3 is 9.47 Å². The molecule has 0 radical (unpaired) electrons. The number of hydrogen-bond acceptors (Lipinski definition) is 6. The second-order valence-corrected chi connectivity index (χ2v) is 3.69. The molecule has 7 nitrogen and oxygen atoms in total. The molecule has 100 valence electrons. The summed E-state index contributed by atoms with van der Waals surface area (Å²) < 4.78 is 10.3. The molecule has 0 spiro atoms. The van der Waals surface area contributed by atoms with Crippen LogP contribution in [0.25, 0.3) is 0 Å². The Morgan fingerprint density at radius 3 is 2.70 bits per heavy atom. The molecule has 0 bridgehead atoms. The van der Waals surface area contributed by atoms with Crippen LogP contribution in [0.4, 0.5) is 5.69 Å². The zero-order valence-corrected chi connectivity index (χ0v) is 10.4. The summed E-state index contributed by atoms with van der Waals surface area (Å²) in [7, 11) is 1.42. The summed E-state index contributed by atoms with van der Waals surface area (Å²) in [6.07, 6.45) is 1.32. The Kier molecular flexibility index (Phi) is 3.77. The van der Waals surface area contributed by atoms with E-state index in [9.17, 15) is 10.1 Å². The first kappa shape index (κ1) is 13.3. The number of pyridine rings is 1. The Hall–Kier alpha value is -3.14. The fourth-order valence-electron chi connectivity index (χ4n) is 1.47. The van der Waals surface area contributed by atoms with Crippen LogP contribution in [0.2, 0.25) is 0 Å². The molecule has 0 aliphatic carbocycles. The highest BCUT2D eigenvalue weighted by Gasteiger charge is 2.17. The first-order valence-corrected chi connectivity index (χ1v) is 5.50. The SMILES string of the molecule is COc1ccc(Oc2ccc(C#N)cn2)c([N+](=O)[O-])c1. The molecule has 0 saturated carbocycles. The molecule has 0 fully saturated rings. The maximum Gasteiger partial charge on any atom is 0.315 e. The molecule has 2 rings (SSSR count). The maximum absolute atomic E-state index is 11.0. The highest BCUT2D eigenvalue weighted by atomic mass is 16.6. The first-order chi connectivity index (χ1) is 9.63. The summed E-state index contributed by atoms with van der Waals surface area (Å²) in [5, 5.41) is 19.6. The van der Waals surface area contributed by atoms with Crippen LogP contribution in [0.3, 0.4) is 0 Å². The van der Waals surface area contributed by atoms with Gasteiger partial charge in [-0.1, -0.05) is 0 Å². The number of nitrogens with zero attached hydrogens (tertiary/aromatic N) is 3. The van der Waals surface area contributed by atoms with E-state index in [1.807, 2.05) is 6.07 Å². The number of nitriles is 1. The van der Waals surface area contributed by atoms with Gasteiger partial charge in [0.05, 0.1) is 23.7 Å². The second-order valence-electron chi connectivity index (χ2n) is 3.69. The number of hydrogen-bond donors (Lipinski definition) is 0. The summed E-state index contributed by atoms with van der Waals surface area (Å²) in [5.41, 5.74) is 0.150. The minimum absolute atomic E-state index is 0.0491. The van der Waals surface area contributed by atoms with E-state index in [0.29, 0.717) is 11.3 Å². The summed E-state index contributed by atoms with van der Waals surface area (Å²) in [6, 6.07) is 9.13. The summed E-state index contributed by atoms with van der Waals surface area (Å²) in [5.74, 6) is 0.571. The Balaban J connectivity index is 2.32. The number of aromatic nitrogens is 1. The summed E-state index contributed by atoms with van der Waals surface area (Å²) in [4.78, 5) is 14.3. The van der Waals surface area contributed by atoms with Gasteiger partial charge >= 0.3 is 5.69 Å². The van der Waals surface area contributed by atoms with E-state index in [1.165, 1.54) is 37.6 Å². The van der Waals surface area contributed by atoms with Crippen LogP contribution < -0.4 is 9.47 Å². The number of benzene rings is 1. The smallest absolute Gasteiger partial charge is 0.315 e. The van der Waals surface area contributed by atoms with Gasteiger partial charge in [-0.15, -0.1) is 0 Å². The molecule has 0 saturated heterocycles. The van der Waals surface area contributed by atoms with Gasteiger partial charge in [0.1, 0.15) is 11.8 Å². The molecule has 1 aromatic carbocycles. The molecule has 0 amide bonds. The van der Waals surface area contributed by atoms with Crippen molar-refractivity contribution >= 4 is 5.69 Å². The van der Waals surface area contributed by atoms with Crippen molar-refractivity contribution in [1.82, 2.24) is 4.98 Å². The highest BCUT2D eigenvalue weighted by Crippen LogP contribution is 2.33. The Morgan fingerprint density at radius 1 is 1.35 bits per heavy atom. The Bertz CT molecular complexity index is 677. The molecule has 0 unspecified atom stereocenters. The third-order valence-corrected chi connectivity index (χ3v) is 2.44. The van der Waals surface area contributed by atoms with Crippen molar-refractivity contribution in [3.05, 3.63) is 52.2 Å². The molecule has 0 atom stereocenters. The predicted octanol–water partition coefficient (Wildman–Crippen LogP) is 2.66. The lowest BCUT2D eigenvalue weighted by Crippen LogP contribution is -1.95. The van der Waals surface area contributed by atoms with Gasteiger partial charge in [-0.3, -0.25) is 10.1 Å². The second kappa shape index (κ2) is 5.67. The normalized spacial score (nSPS) is 9.60. The van der Waals surface area contributed by atoms with Crippen LogP contribution in [-0.2, 0) is 0 Å². The van der Waals surface area contributed by atoms with Gasteiger partial charge in [0.25, 0.3) is 0 Å². The van der Waals surface area contributed by atoms with E-state index in [4.69, 9.17) is 14.7 Å². The van der Waals surface area contributed by atoms with Gasteiger partial charge in [0.15, 0.2) is 0 Å². The molecular weight excluding hydrogens is 262 g/mol. The minimum atomic E-state index is -0.568. The quantitative estimate of drug-likeness (QED) is 0.626. The predicted molar refractivity (Wildman–Crippen MR) is 68.7 cm³/mol. The number of methoxy groups -OCH3 is 1. The van der Waals surface area contributed by atoms with Crippen molar-refractivity contribution in [3.8, 4) is 23.4 Å². The number of ether oxygens (including phenoxy) is 2. The molecular formula is C13H9N3O4. The van der Waals surface area contributed by atoms with Crippen molar-refractivity contribution in [2.75, 3.05) is 7.11 Å². The van der Waals surface area contributed by atoms with Crippen molar-refractivity contribution in [2.45, 2.75) is 0 Å². The molecule has 2 aromatic rings. The Labute approximate surface area is 114 Å². The van der Waals surface area contributed by atoms with Gasteiger partial charge in [-0.05, 0) is 18.2 Å². The summed E-state index contributed by atoms with van der Waals surface area (Å²) in [6.45, 7) is 0. The van der Waals surface area contributed by atoms with Crippen LogP contribution in [-0.4, -0.2) is 17.0 Å². The fourth-order valence-corrected chi connectivity index (χ4v) is 1.47. The molecule has 1 heterocycles. The lowest BCUT2D eigenvalue weighted by Gasteiger charge is -2.06. The summed E-state index contributed by atoms with van der Waals surface area (Å²) >= 11 is 0. The maximum atomic E-state index is 11.0. The van der Waals surface area contributed by atoms with Crippen molar-refractivity contribution < 1.29 is 14.4 Å². The van der Waals surface area contributed by atoms with E-state index in [1.54, 1.807) is 6.07 Å². The molecule has 0 aliphatic rings. The molecule has 1 aromatic heterocycles. The van der Waals surface area contributed by atoms with Gasteiger partial charge in [0.2, 0.25) is 11.6 Å². The van der Waals surface area contributed by atoms with Crippen molar-refractivity contribution in [1.29, 1.82) is 5.26 Å². The van der Waals surface area contributed by atoms with Gasteiger partial charge in [-0.25, -0.2) is 4.98 Å². The van der Waals surface area contributed by atoms with E-state index < -0.39 is 4.92 Å². The van der Waals surface area contributed by atoms with Crippen LogP contribution in [0.5, 0.6) is 17.4 Å². The molecule has 7 heteroatoms. The van der Waals surface area contributed by atoms with Gasteiger partial charge in [-0.2, -0.15) is 5.26 Å². The van der Waals surface area contributed by atoms with E-state index in [0.717, 1.165) is 0 Å². The standard InChI is InChI=1S/C13H9N3O4/c1-19-10-3-4-12(11(6-10)16(17)18)20-13-5-2-9(7-14)8-15-13/h2-6,8H,1H3. The lowest BCUT2D eigenvalue weighted by molar-refractivity contribution is -0.385. The van der Waals surface area contributed by atoms with Crippen molar-refractivity contribution in [2.24, 2.45) is 0 Å². The van der Waals surface area contributed by atoms with Crippen LogP contribution in [0.1, 0.15) is 5.56 Å². The number of nitro groups is 1. The minimum Gasteiger partial charge on any atom is -0.496 e. The average molecular weight is 271 g/mol. The fraction of sp³-hybridized carbons (Fsp3) is 0.0769. The van der Waals surface area contributed by atoms with Gasteiger partial charge in [0, 0.05) is 12.3 Å². The molecule has 0 N–H and O–H groups in total. The number of nitro benzene ring substituents is 1. The largest absolute Gasteiger partial charge is 0.496 e. The number of rotatable bonds is 4. The zero-order valence-electron chi connectivity index (χ0n) is 10.4. The van der Waals surface area contributed by atoms with Crippen LogP contribution in [0.15, 0.2) is 36.5 Å². The molecule has 0 aliphatic heterocycles. The van der Waals surface area contributed by atoms with Crippen LogP contribution in [0, 0.1) is 21.4 Å². The third kappa shape index (κ3) is 2.81. The average Bonchev–Trinajstić information content (AvgIpc) is 2.48. The van der Waals surface area contributed by atoms with E-state index in [2.05, 4.69) is 4.98 Å². The van der Waals surface area contributed by atoms with Crippen molar-refractivity contribution in [3.63, 3.8) is 0 Å². The topological polar surface area (TPSA) is 98.3 Å². The monoisotopic (exact) mass is 271 g/mol. The molecule has 20 heavy (non-hydrogen) atoms. The van der Waals surface area contributed by atoms with E-state index in [-0.39, 0.29) is 17.3 Å². The zero-order chi connectivity index (χ0) is 14.5. The van der Waals surface area contributed by atoms with Crippen LogP contribution >= 0.6 is 0 Å². The first-order valence-electron chi connectivity index (χ1n) is 5.50. The third-order valence-electron chi connectivity index (χ3n) is 2.44. The highest BCUT2D eigenvalue weighted by molar-refractivity contribution is 5.52. The van der Waals surface area contributed by atoms with E-state index >= 15 is 0 Å². The lowest BCUT2D eigenvalue weighted by atomic mass is 10.3. The Morgan fingerprint density at radius 2 is 2.15 bits per heavy atom.